The third-order valence-electron chi connectivity index (χ3n) is 24.5. The summed E-state index contributed by atoms with van der Waals surface area (Å²) in [6, 6.07) is 18.4. The van der Waals surface area contributed by atoms with Crippen LogP contribution >= 0.6 is 24.1 Å². The van der Waals surface area contributed by atoms with Crippen LogP contribution in [0.5, 0.6) is 5.75 Å². The van der Waals surface area contributed by atoms with Gasteiger partial charge in [-0.3, -0.25) is 10.1 Å². The molecule has 3 aromatic carbocycles. The van der Waals surface area contributed by atoms with Gasteiger partial charge in [0.25, 0.3) is 0 Å². The minimum atomic E-state index is -4.72. The third-order valence-corrected chi connectivity index (χ3v) is 27.3. The lowest BCUT2D eigenvalue weighted by Crippen LogP contribution is -2.50. The molecule has 0 saturated carbocycles. The second kappa shape index (κ2) is 60.6. The average Bonchev–Trinajstić information content (AvgIpc) is 1.60. The van der Waals surface area contributed by atoms with E-state index in [1.165, 1.54) is 258 Å². The van der Waals surface area contributed by atoms with Gasteiger partial charge in [0.15, 0.2) is 5.71 Å². The molecule has 0 amide bonds. The van der Waals surface area contributed by atoms with Crippen LogP contribution in [0.1, 0.15) is 353 Å². The lowest BCUT2D eigenvalue weighted by Gasteiger charge is -2.39. The molecule has 2 heterocycles. The highest BCUT2D eigenvalue weighted by Crippen LogP contribution is 2.50. The first-order valence-electron chi connectivity index (χ1n) is 47.1. The van der Waals surface area contributed by atoms with Gasteiger partial charge < -0.3 is 42.7 Å². The number of quaternary nitrogens is 3. The number of anilines is 1. The summed E-state index contributed by atoms with van der Waals surface area (Å²) < 4.78 is 93.0. The molecule has 1 aliphatic carbocycles. The van der Waals surface area contributed by atoms with Crippen molar-refractivity contribution in [2.24, 2.45) is 0 Å². The third kappa shape index (κ3) is 38.8. The number of allylic oxidation sites excluding steroid dienone is 8. The summed E-state index contributed by atoms with van der Waals surface area (Å²) in [5.74, 6) is 0.831. The Kier molecular flexibility index (Phi) is 55.7. The van der Waals surface area contributed by atoms with Crippen molar-refractivity contribution in [2.75, 3.05) is 115 Å². The molecule has 6 rings (SSSR count). The zero-order chi connectivity index (χ0) is 88.1. The van der Waals surface area contributed by atoms with Crippen LogP contribution in [-0.2, 0) is 49.8 Å². The fourth-order valence-corrected chi connectivity index (χ4v) is 19.2. The van der Waals surface area contributed by atoms with Crippen molar-refractivity contribution in [2.45, 2.75) is 357 Å². The van der Waals surface area contributed by atoms with Crippen LogP contribution in [0, 0.1) is 0 Å². The van der Waals surface area contributed by atoms with Gasteiger partial charge in [0.2, 0.25) is 5.69 Å². The normalized spacial score (nSPS) is 15.5. The molecule has 0 fully saturated rings. The van der Waals surface area contributed by atoms with Gasteiger partial charge in [-0.15, -0.1) is 0 Å². The summed E-state index contributed by atoms with van der Waals surface area (Å²) >= 11 is 1.73. The SMILES string of the molecule is CCCCCOc1cccc(C2=C(/C=C/C3=[N+](CCCCS(=O)(=O)[O-])c4ccc(SOO[O-])cc4C3(C)C)CCC/C2=C\C=C2\N(CCCCSOO[O-])c3ccc(S(=O)(=O)[O-])cc3C2(C)C)c1.CCCC[N+](CCCC)(CCCC)CCCC.CCCC[N+](CCCC)(CCCC)CCCC.CCCC[N+](CCCC)(CCCC)CCCC. The van der Waals surface area contributed by atoms with Crippen molar-refractivity contribution >= 4 is 67.0 Å². The van der Waals surface area contributed by atoms with Crippen molar-refractivity contribution < 1.29 is 78.0 Å². The van der Waals surface area contributed by atoms with Crippen molar-refractivity contribution in [3.05, 3.63) is 119 Å². The fourth-order valence-electron chi connectivity index (χ4n) is 17.3. The van der Waals surface area contributed by atoms with E-state index >= 15 is 0 Å². The van der Waals surface area contributed by atoms with Crippen LogP contribution in [0.3, 0.4) is 0 Å². The molecule has 0 atom stereocenters. The topological polar surface area (TPSA) is 213 Å². The number of ether oxygens (including phenoxy) is 1. The number of nitrogens with zero attached hydrogens (tertiary/aromatic N) is 5. The second-order valence-corrected chi connectivity index (χ2v) is 39.4. The highest BCUT2D eigenvalue weighted by atomic mass is 32.2. The van der Waals surface area contributed by atoms with E-state index in [-0.39, 0.29) is 11.3 Å². The molecule has 0 unspecified atom stereocenters. The Bertz CT molecular complexity index is 3470. The number of unbranched alkanes of at least 4 members (excludes halogenated alkanes) is 16. The Labute approximate surface area is 735 Å². The first kappa shape index (κ1) is 109. The Morgan fingerprint density at radius 3 is 1.41 bits per heavy atom. The maximum Gasteiger partial charge on any atom is 0.209 e. The Balaban J connectivity index is 0.000000575. The zero-order valence-corrected chi connectivity index (χ0v) is 81.1. The molecule has 18 nitrogen and oxygen atoms in total. The maximum atomic E-state index is 12.2. The number of fused-ring (bicyclic) bond motifs is 2. The van der Waals surface area contributed by atoms with E-state index in [1.807, 2.05) is 44.2 Å². The molecule has 2 aliphatic heterocycles. The van der Waals surface area contributed by atoms with E-state index in [1.54, 1.807) is 6.07 Å². The van der Waals surface area contributed by atoms with Crippen LogP contribution in [0.2, 0.25) is 0 Å². The molecule has 0 radical (unpaired) electrons. The highest BCUT2D eigenvalue weighted by molar-refractivity contribution is 7.94. The van der Waals surface area contributed by atoms with Crippen LogP contribution in [-0.4, -0.2) is 159 Å². The van der Waals surface area contributed by atoms with Crippen molar-refractivity contribution in [3.8, 4) is 5.75 Å². The van der Waals surface area contributed by atoms with Crippen LogP contribution in [0.4, 0.5) is 11.4 Å². The fraction of sp³-hybridized carbons (Fsp3) is 0.722. The van der Waals surface area contributed by atoms with Crippen LogP contribution < -0.4 is 20.2 Å². The predicted octanol–water partition coefficient (Wildman–Crippen LogP) is 23.6. The van der Waals surface area contributed by atoms with E-state index < -0.39 is 36.8 Å². The minimum absolute atomic E-state index is 0.206. The first-order valence-corrected chi connectivity index (χ1v) is 51.7. The van der Waals surface area contributed by atoms with Crippen molar-refractivity contribution in [1.82, 2.24) is 0 Å². The van der Waals surface area contributed by atoms with Crippen LogP contribution in [0.25, 0.3) is 5.57 Å². The molecule has 682 valence electrons. The molecule has 22 heteroatoms. The van der Waals surface area contributed by atoms with Gasteiger partial charge >= 0.3 is 0 Å². The van der Waals surface area contributed by atoms with Gasteiger partial charge in [-0.25, -0.2) is 16.8 Å². The summed E-state index contributed by atoms with van der Waals surface area (Å²) in [7, 11) is -9.09. The average molecular weight is 1740 g/mol. The smallest absolute Gasteiger partial charge is 0.209 e. The summed E-state index contributed by atoms with van der Waals surface area (Å²) in [4.78, 5) is 2.54. The highest BCUT2D eigenvalue weighted by Gasteiger charge is 2.45. The van der Waals surface area contributed by atoms with E-state index in [0.717, 1.165) is 125 Å². The molecule has 0 saturated heterocycles. The predicted molar refractivity (Wildman–Crippen MR) is 495 cm³/mol. The zero-order valence-electron chi connectivity index (χ0n) is 77.8. The summed E-state index contributed by atoms with van der Waals surface area (Å²) in [6.07, 6.45) is 49.3. The van der Waals surface area contributed by atoms with E-state index in [0.29, 0.717) is 49.6 Å². The summed E-state index contributed by atoms with van der Waals surface area (Å²) in [5.41, 5.74) is 8.28. The molecular formula is C97H167N5O13S4. The van der Waals surface area contributed by atoms with Gasteiger partial charge in [-0.05, 0) is 212 Å². The molecule has 0 aromatic heterocycles. The summed E-state index contributed by atoms with van der Waals surface area (Å²) in [5, 5.41) is 28.1. The van der Waals surface area contributed by atoms with Gasteiger partial charge in [-0.2, -0.15) is 13.2 Å². The van der Waals surface area contributed by atoms with E-state index in [9.17, 15) is 36.5 Å². The molecule has 0 spiro atoms. The molecule has 119 heavy (non-hydrogen) atoms. The Morgan fingerprint density at radius 2 is 0.966 bits per heavy atom. The molecular weight excluding hydrogens is 1570 g/mol. The van der Waals surface area contributed by atoms with Gasteiger partial charge in [0, 0.05) is 75.9 Å². The Hall–Kier alpha value is -3.95. The molecule has 3 aromatic rings. The van der Waals surface area contributed by atoms with E-state index in [2.05, 4.69) is 169 Å². The molecule has 0 bridgehead atoms. The lowest BCUT2D eigenvalue weighted by atomic mass is 9.79. The number of hydrogen-bond donors (Lipinski definition) is 0. The van der Waals surface area contributed by atoms with Crippen molar-refractivity contribution in [1.29, 1.82) is 0 Å². The number of benzene rings is 3. The number of rotatable bonds is 61. The van der Waals surface area contributed by atoms with Crippen molar-refractivity contribution in [3.63, 3.8) is 0 Å². The monoisotopic (exact) mass is 1740 g/mol. The first-order chi connectivity index (χ1) is 57.1. The quantitative estimate of drug-likeness (QED) is 0.00977. The molecule has 0 N–H and O–H groups in total. The largest absolute Gasteiger partial charge is 0.748 e. The van der Waals surface area contributed by atoms with Gasteiger partial charge in [0.05, 0.1) is 118 Å². The van der Waals surface area contributed by atoms with E-state index in [4.69, 9.17) is 4.74 Å². The standard InChI is InChI=1S/C49H62N2O13S4.3C16H36N/c1-6-7-10-29-60-38-18-14-17-37(32-38)47-35(19-25-45-48(2,3)41-33-39(66-64-62-53)21-23-43(41)51(45)28-9-12-31-67(54,55)56)15-13-16-36(47)20-26-46-49(4,5)42-34-40(68(57,58)59)22-24-44(42)50(46)27-8-11-30-65-63-61-52;3*1-5-9-13-17(14-10-6-2,15-11-7-3)16-12-8-4/h14,17-26,32-34H,6-13,15-16,27-31H2,1-5H3,(H3-,52,53,54,55,56,57,58,59);3*5-16H2,1-4H3/q;3*+1/p-3. The molecule has 3 aliphatic rings. The Morgan fingerprint density at radius 1 is 0.487 bits per heavy atom. The minimum Gasteiger partial charge on any atom is -0.748 e. The maximum absolute atomic E-state index is 12.2. The van der Waals surface area contributed by atoms with Gasteiger partial charge in [0.1, 0.15) is 22.4 Å². The summed E-state index contributed by atoms with van der Waals surface area (Å²) in [6.45, 7) is 57.1. The van der Waals surface area contributed by atoms with Crippen LogP contribution in [0.15, 0.2) is 112 Å². The number of hydrogen-bond acceptors (Lipinski definition) is 16. The second-order valence-electron chi connectivity index (χ2n) is 35.0. The lowest BCUT2D eigenvalue weighted by molar-refractivity contribution is -0.929. The van der Waals surface area contributed by atoms with Gasteiger partial charge in [-0.1, -0.05) is 218 Å².